The lowest BCUT2D eigenvalue weighted by Crippen LogP contribution is -2.36. The van der Waals surface area contributed by atoms with Gasteiger partial charge in [-0.1, -0.05) is 13.3 Å². The summed E-state index contributed by atoms with van der Waals surface area (Å²) in [5, 5.41) is 15.3. The number of aliphatic hydroxyl groups is 1. The Morgan fingerprint density at radius 1 is 1.09 bits per heavy atom. The lowest BCUT2D eigenvalue weighted by Gasteiger charge is -2.25. The molecule has 1 saturated carbocycles. The SMILES string of the molecule is CCCCOC[C@H](O)CN(Cc1c(C)nn(-c2ccc(F)cc2)c1Oc1ccc(F)cc1)C1CC1. The molecule has 0 spiro atoms. The second-order valence-corrected chi connectivity index (χ2v) is 9.06. The summed E-state index contributed by atoms with van der Waals surface area (Å²) in [6, 6.07) is 12.2. The molecular weight excluding hydrogens is 452 g/mol. The molecule has 1 N–H and O–H groups in total. The Morgan fingerprint density at radius 2 is 1.74 bits per heavy atom. The second-order valence-electron chi connectivity index (χ2n) is 9.06. The Morgan fingerprint density at radius 3 is 2.37 bits per heavy atom. The van der Waals surface area contributed by atoms with Crippen molar-refractivity contribution in [2.75, 3.05) is 19.8 Å². The van der Waals surface area contributed by atoms with E-state index in [0.29, 0.717) is 49.7 Å². The largest absolute Gasteiger partial charge is 0.439 e. The van der Waals surface area contributed by atoms with E-state index >= 15 is 0 Å². The van der Waals surface area contributed by atoms with Gasteiger partial charge in [0.25, 0.3) is 0 Å². The van der Waals surface area contributed by atoms with Crippen molar-refractivity contribution >= 4 is 0 Å². The molecule has 1 atom stereocenters. The molecule has 188 valence electrons. The van der Waals surface area contributed by atoms with Gasteiger partial charge in [-0.15, -0.1) is 0 Å². The molecule has 6 nitrogen and oxygen atoms in total. The van der Waals surface area contributed by atoms with E-state index in [0.717, 1.165) is 36.9 Å². The van der Waals surface area contributed by atoms with Crippen molar-refractivity contribution in [3.63, 3.8) is 0 Å². The van der Waals surface area contributed by atoms with Crippen LogP contribution >= 0.6 is 0 Å². The van der Waals surface area contributed by atoms with Crippen LogP contribution in [0.25, 0.3) is 5.69 Å². The molecule has 1 fully saturated rings. The molecule has 1 aliphatic rings. The minimum Gasteiger partial charge on any atom is -0.439 e. The van der Waals surface area contributed by atoms with Crippen molar-refractivity contribution in [2.24, 2.45) is 0 Å². The summed E-state index contributed by atoms with van der Waals surface area (Å²) >= 11 is 0. The Balaban J connectivity index is 1.59. The summed E-state index contributed by atoms with van der Waals surface area (Å²) in [7, 11) is 0. The maximum atomic E-state index is 13.6. The van der Waals surface area contributed by atoms with Crippen molar-refractivity contribution in [2.45, 2.75) is 58.2 Å². The predicted octanol–water partition coefficient (Wildman–Crippen LogP) is 5.39. The quantitative estimate of drug-likeness (QED) is 0.329. The zero-order valence-corrected chi connectivity index (χ0v) is 20.3. The fraction of sp³-hybridized carbons (Fsp3) is 0.444. The summed E-state index contributed by atoms with van der Waals surface area (Å²) in [6.07, 6.45) is 3.58. The Kier molecular flexibility index (Phi) is 8.49. The van der Waals surface area contributed by atoms with Gasteiger partial charge in [0.05, 0.1) is 29.7 Å². The summed E-state index contributed by atoms with van der Waals surface area (Å²) in [5.41, 5.74) is 2.29. The maximum Gasteiger partial charge on any atom is 0.227 e. The van der Waals surface area contributed by atoms with Crippen LogP contribution in [0.4, 0.5) is 8.78 Å². The number of halogens is 2. The lowest BCUT2D eigenvalue weighted by molar-refractivity contribution is 0.0127. The minimum absolute atomic E-state index is 0.302. The lowest BCUT2D eigenvalue weighted by atomic mass is 10.2. The van der Waals surface area contributed by atoms with Gasteiger partial charge in [0.2, 0.25) is 5.88 Å². The number of rotatable bonds is 13. The first-order chi connectivity index (χ1) is 16.9. The van der Waals surface area contributed by atoms with Crippen molar-refractivity contribution in [3.05, 3.63) is 71.4 Å². The molecule has 0 amide bonds. The van der Waals surface area contributed by atoms with Crippen LogP contribution < -0.4 is 4.74 Å². The molecule has 0 bridgehead atoms. The van der Waals surface area contributed by atoms with Gasteiger partial charge >= 0.3 is 0 Å². The molecule has 1 aliphatic carbocycles. The van der Waals surface area contributed by atoms with E-state index in [-0.39, 0.29) is 11.6 Å². The van der Waals surface area contributed by atoms with Gasteiger partial charge in [0.15, 0.2) is 0 Å². The highest BCUT2D eigenvalue weighted by Gasteiger charge is 2.32. The third kappa shape index (κ3) is 6.87. The molecule has 8 heteroatoms. The zero-order valence-electron chi connectivity index (χ0n) is 20.3. The summed E-state index contributed by atoms with van der Waals surface area (Å²) in [4.78, 5) is 2.24. The fourth-order valence-corrected chi connectivity index (χ4v) is 3.97. The molecule has 2 aromatic carbocycles. The van der Waals surface area contributed by atoms with E-state index in [9.17, 15) is 13.9 Å². The van der Waals surface area contributed by atoms with Crippen LogP contribution in [0.15, 0.2) is 48.5 Å². The number of aliphatic hydroxyl groups excluding tert-OH is 1. The molecule has 1 aromatic heterocycles. The van der Waals surface area contributed by atoms with Crippen LogP contribution in [0.3, 0.4) is 0 Å². The predicted molar refractivity (Wildman–Crippen MR) is 130 cm³/mol. The van der Waals surface area contributed by atoms with Gasteiger partial charge in [0.1, 0.15) is 17.4 Å². The Hall–Kier alpha value is -2.81. The van der Waals surface area contributed by atoms with Crippen molar-refractivity contribution in [1.82, 2.24) is 14.7 Å². The number of ether oxygens (including phenoxy) is 2. The maximum absolute atomic E-state index is 13.6. The molecule has 0 aliphatic heterocycles. The number of hydrogen-bond acceptors (Lipinski definition) is 5. The summed E-state index contributed by atoms with van der Waals surface area (Å²) in [5.74, 6) is 0.267. The van der Waals surface area contributed by atoms with Gasteiger partial charge in [-0.25, -0.2) is 13.5 Å². The standard InChI is InChI=1S/C27H33F2N3O3/c1-3-4-15-34-18-24(33)16-31(22-11-12-22)17-26-19(2)30-32(23-9-5-20(28)6-10-23)27(26)35-25-13-7-21(29)8-14-25/h5-10,13-14,22,24,33H,3-4,11-12,15-18H2,1-2H3/t24-/m1/s1. The van der Waals surface area contributed by atoms with Gasteiger partial charge in [-0.3, -0.25) is 4.90 Å². The highest BCUT2D eigenvalue weighted by Crippen LogP contribution is 2.35. The molecule has 0 saturated heterocycles. The first-order valence-electron chi connectivity index (χ1n) is 12.2. The highest BCUT2D eigenvalue weighted by atomic mass is 19.1. The first-order valence-corrected chi connectivity index (χ1v) is 12.2. The normalized spacial score (nSPS) is 14.5. The van der Waals surface area contributed by atoms with Crippen LogP contribution in [0.2, 0.25) is 0 Å². The summed E-state index contributed by atoms with van der Waals surface area (Å²) in [6.45, 7) is 5.97. The van der Waals surface area contributed by atoms with Crippen LogP contribution in [-0.2, 0) is 11.3 Å². The molecular formula is C27H33F2N3O3. The van der Waals surface area contributed by atoms with Gasteiger partial charge in [-0.05, 0) is 74.7 Å². The minimum atomic E-state index is -0.596. The molecule has 1 heterocycles. The number of aromatic nitrogens is 2. The third-order valence-corrected chi connectivity index (χ3v) is 6.06. The molecule has 0 unspecified atom stereocenters. The van der Waals surface area contributed by atoms with Crippen LogP contribution in [-0.4, -0.2) is 51.7 Å². The first kappa shape index (κ1) is 25.3. The van der Waals surface area contributed by atoms with Gasteiger partial charge < -0.3 is 14.6 Å². The highest BCUT2D eigenvalue weighted by molar-refractivity contribution is 5.43. The molecule has 35 heavy (non-hydrogen) atoms. The van der Waals surface area contributed by atoms with Crippen molar-refractivity contribution < 1.29 is 23.4 Å². The second kappa shape index (κ2) is 11.7. The van der Waals surface area contributed by atoms with Crippen LogP contribution in [0, 0.1) is 18.6 Å². The van der Waals surface area contributed by atoms with Crippen LogP contribution in [0.5, 0.6) is 11.6 Å². The molecule has 3 aromatic rings. The van der Waals surface area contributed by atoms with E-state index in [1.807, 2.05) is 6.92 Å². The van der Waals surface area contributed by atoms with E-state index < -0.39 is 6.10 Å². The van der Waals surface area contributed by atoms with Crippen molar-refractivity contribution in [1.29, 1.82) is 0 Å². The fourth-order valence-electron chi connectivity index (χ4n) is 3.97. The van der Waals surface area contributed by atoms with E-state index in [1.54, 1.807) is 28.9 Å². The number of hydrogen-bond donors (Lipinski definition) is 1. The average Bonchev–Trinajstić information content (AvgIpc) is 3.65. The third-order valence-electron chi connectivity index (χ3n) is 6.06. The van der Waals surface area contributed by atoms with E-state index in [1.165, 1.54) is 24.3 Å². The Bertz CT molecular complexity index is 1080. The van der Waals surface area contributed by atoms with E-state index in [4.69, 9.17) is 9.47 Å². The number of aryl methyl sites for hydroxylation is 1. The molecule has 0 radical (unpaired) electrons. The number of benzene rings is 2. The van der Waals surface area contributed by atoms with Crippen molar-refractivity contribution in [3.8, 4) is 17.3 Å². The monoisotopic (exact) mass is 485 g/mol. The Labute approximate surface area is 205 Å². The zero-order chi connectivity index (χ0) is 24.8. The smallest absolute Gasteiger partial charge is 0.227 e. The average molecular weight is 486 g/mol. The van der Waals surface area contributed by atoms with E-state index in [2.05, 4.69) is 16.9 Å². The topological polar surface area (TPSA) is 59.8 Å². The number of unbranched alkanes of at least 4 members (excludes halogenated alkanes) is 1. The van der Waals surface area contributed by atoms with Crippen LogP contribution in [0.1, 0.15) is 43.9 Å². The number of nitrogens with zero attached hydrogens (tertiary/aromatic N) is 3. The van der Waals surface area contributed by atoms with Gasteiger partial charge in [0, 0.05) is 25.7 Å². The summed E-state index contributed by atoms with van der Waals surface area (Å²) < 4.78 is 40.5. The molecule has 4 rings (SSSR count). The van der Waals surface area contributed by atoms with Gasteiger partial charge in [-0.2, -0.15) is 5.10 Å².